The van der Waals surface area contributed by atoms with Gasteiger partial charge in [-0.25, -0.2) is 11.0 Å². The van der Waals surface area contributed by atoms with Gasteiger partial charge in [0, 0.05) is 3.57 Å². The van der Waals surface area contributed by atoms with Gasteiger partial charge in [0.05, 0.1) is 11.9 Å². The van der Waals surface area contributed by atoms with E-state index in [1.165, 1.54) is 9.78 Å². The Morgan fingerprint density at radius 2 is 2.06 bits per heavy atom. The highest BCUT2D eigenvalue weighted by Crippen LogP contribution is 2.11. The summed E-state index contributed by atoms with van der Waals surface area (Å²) < 4.78 is 1.17. The van der Waals surface area contributed by atoms with E-state index in [2.05, 4.69) is 38.2 Å². The topological polar surface area (TPSA) is 92.0 Å². The van der Waals surface area contributed by atoms with Gasteiger partial charge in [-0.05, 0) is 46.9 Å². The third-order valence-corrected chi connectivity index (χ3v) is 2.79. The molecule has 1 aromatic rings. The smallest absolute Gasteiger partial charge is 0.157 e. The minimum absolute atomic E-state index is 0.489. The molecule has 0 spiro atoms. The van der Waals surface area contributed by atoms with Crippen LogP contribution in [0.4, 0.5) is 5.69 Å². The lowest BCUT2D eigenvalue weighted by molar-refractivity contribution is 0.280. The molecule has 2 rings (SSSR count). The monoisotopic (exact) mass is 330 g/mol. The summed E-state index contributed by atoms with van der Waals surface area (Å²) in [6, 6.07) is 7.84. The Balaban J connectivity index is 2.04. The molecule has 0 aliphatic carbocycles. The highest BCUT2D eigenvalue weighted by Gasteiger charge is 2.20. The standard InChI is InChI=1S/C9H11IN6/c10-6-1-3-7(4-2-6)14-15-8-5-13-16(12)9(8)11/h1-5,9,14H,11-12H2. The lowest BCUT2D eigenvalue weighted by atomic mass is 10.3. The molecule has 1 heterocycles. The summed E-state index contributed by atoms with van der Waals surface area (Å²) in [4.78, 5) is 0. The second-order valence-electron chi connectivity index (χ2n) is 3.22. The molecule has 1 unspecified atom stereocenters. The van der Waals surface area contributed by atoms with Crippen LogP contribution in [-0.4, -0.2) is 23.2 Å². The highest BCUT2D eigenvalue weighted by molar-refractivity contribution is 14.1. The van der Waals surface area contributed by atoms with Crippen LogP contribution in [0, 0.1) is 3.57 Å². The molecule has 16 heavy (non-hydrogen) atoms. The van der Waals surface area contributed by atoms with Crippen molar-refractivity contribution in [1.29, 1.82) is 0 Å². The number of hydrogen-bond donors (Lipinski definition) is 3. The summed E-state index contributed by atoms with van der Waals surface area (Å²) in [6.07, 6.45) is 1.04. The lowest BCUT2D eigenvalue weighted by Crippen LogP contribution is -2.44. The van der Waals surface area contributed by atoms with Crippen LogP contribution in [0.3, 0.4) is 0 Å². The second kappa shape index (κ2) is 4.76. The van der Waals surface area contributed by atoms with E-state index in [1.54, 1.807) is 0 Å². The van der Waals surface area contributed by atoms with Crippen molar-refractivity contribution in [3.8, 4) is 0 Å². The minimum Gasteiger partial charge on any atom is -0.303 e. The maximum atomic E-state index is 5.71. The molecule has 84 valence electrons. The van der Waals surface area contributed by atoms with Crippen molar-refractivity contribution < 1.29 is 0 Å². The van der Waals surface area contributed by atoms with Gasteiger partial charge in [-0.2, -0.15) is 10.2 Å². The molecule has 7 heteroatoms. The largest absolute Gasteiger partial charge is 0.303 e. The predicted octanol–water partition coefficient (Wildman–Crippen LogP) is 0.519. The zero-order valence-electron chi connectivity index (χ0n) is 8.34. The summed E-state index contributed by atoms with van der Waals surface area (Å²) >= 11 is 2.24. The molecule has 1 aliphatic rings. The molecule has 0 saturated heterocycles. The van der Waals surface area contributed by atoms with Crippen LogP contribution in [0.2, 0.25) is 0 Å². The number of rotatable bonds is 2. The number of nitrogens with zero attached hydrogens (tertiary/aromatic N) is 3. The average Bonchev–Trinajstić information content (AvgIpc) is 2.60. The minimum atomic E-state index is -0.489. The fourth-order valence-corrected chi connectivity index (χ4v) is 1.52. The normalized spacial score (nSPS) is 21.8. The van der Waals surface area contributed by atoms with Crippen LogP contribution in [0.25, 0.3) is 0 Å². The number of benzene rings is 1. The van der Waals surface area contributed by atoms with E-state index in [9.17, 15) is 0 Å². The SMILES string of the molecule is NC1C(=NNc2ccc(I)cc2)C=NN1N. The third-order valence-electron chi connectivity index (χ3n) is 2.07. The molecule has 0 radical (unpaired) electrons. The highest BCUT2D eigenvalue weighted by atomic mass is 127. The second-order valence-corrected chi connectivity index (χ2v) is 4.47. The van der Waals surface area contributed by atoms with Crippen molar-refractivity contribution in [3.05, 3.63) is 27.8 Å². The zero-order valence-corrected chi connectivity index (χ0v) is 10.5. The molecule has 0 bridgehead atoms. The molecule has 6 nitrogen and oxygen atoms in total. The summed E-state index contributed by atoms with van der Waals surface area (Å²) in [5.41, 5.74) is 10.1. The number of hydrazine groups is 1. The molecule has 1 aliphatic heterocycles. The Labute approximate surface area is 106 Å². The summed E-state index contributed by atoms with van der Waals surface area (Å²) in [7, 11) is 0. The predicted molar refractivity (Wildman–Crippen MR) is 72.7 cm³/mol. The van der Waals surface area contributed by atoms with Gasteiger partial charge in [0.1, 0.15) is 5.71 Å². The van der Waals surface area contributed by atoms with Crippen LogP contribution < -0.4 is 17.0 Å². The van der Waals surface area contributed by atoms with E-state index in [-0.39, 0.29) is 0 Å². The van der Waals surface area contributed by atoms with Gasteiger partial charge in [-0.3, -0.25) is 5.43 Å². The molecule has 0 aromatic heterocycles. The molecular weight excluding hydrogens is 319 g/mol. The van der Waals surface area contributed by atoms with E-state index < -0.39 is 6.17 Å². The quantitative estimate of drug-likeness (QED) is 0.419. The van der Waals surface area contributed by atoms with Crippen molar-refractivity contribution in [1.82, 2.24) is 5.12 Å². The number of halogens is 1. The maximum Gasteiger partial charge on any atom is 0.157 e. The summed E-state index contributed by atoms with van der Waals surface area (Å²) in [5.74, 6) is 5.46. The van der Waals surface area contributed by atoms with Gasteiger partial charge in [-0.1, -0.05) is 0 Å². The number of hydrogen-bond acceptors (Lipinski definition) is 6. The zero-order chi connectivity index (χ0) is 11.5. The van der Waals surface area contributed by atoms with E-state index in [1.807, 2.05) is 24.3 Å². The number of anilines is 1. The Bertz CT molecular complexity index is 426. The fraction of sp³-hybridized carbons (Fsp3) is 0.111. The van der Waals surface area contributed by atoms with E-state index >= 15 is 0 Å². The summed E-state index contributed by atoms with van der Waals surface area (Å²) in [6.45, 7) is 0. The van der Waals surface area contributed by atoms with Crippen LogP contribution in [0.15, 0.2) is 34.5 Å². The molecule has 0 saturated carbocycles. The Hall–Kier alpha value is -1.19. The van der Waals surface area contributed by atoms with Crippen LogP contribution in [0.1, 0.15) is 0 Å². The molecule has 5 N–H and O–H groups in total. The van der Waals surface area contributed by atoms with E-state index in [4.69, 9.17) is 11.6 Å². The van der Waals surface area contributed by atoms with E-state index in [0.29, 0.717) is 5.71 Å². The average molecular weight is 330 g/mol. The van der Waals surface area contributed by atoms with Crippen molar-refractivity contribution >= 4 is 40.2 Å². The van der Waals surface area contributed by atoms with Gasteiger partial charge in [0.25, 0.3) is 0 Å². The van der Waals surface area contributed by atoms with Crippen LogP contribution in [0.5, 0.6) is 0 Å². The number of nitrogens with two attached hydrogens (primary N) is 2. The van der Waals surface area contributed by atoms with Crippen molar-refractivity contribution in [2.24, 2.45) is 21.8 Å². The number of hydrazone groups is 2. The molecular formula is C9H11IN6. The Morgan fingerprint density at radius 1 is 1.38 bits per heavy atom. The maximum absolute atomic E-state index is 5.71. The van der Waals surface area contributed by atoms with Gasteiger partial charge in [0.15, 0.2) is 6.17 Å². The number of nitrogens with one attached hydrogen (secondary N) is 1. The molecule has 1 atom stereocenters. The van der Waals surface area contributed by atoms with E-state index in [0.717, 1.165) is 10.8 Å². The van der Waals surface area contributed by atoms with Crippen molar-refractivity contribution in [2.45, 2.75) is 6.17 Å². The van der Waals surface area contributed by atoms with Crippen LogP contribution in [-0.2, 0) is 0 Å². The third kappa shape index (κ3) is 2.49. The van der Waals surface area contributed by atoms with Crippen molar-refractivity contribution in [3.63, 3.8) is 0 Å². The first-order chi connectivity index (χ1) is 7.66. The molecule has 1 aromatic carbocycles. The first kappa shape index (κ1) is 11.3. The van der Waals surface area contributed by atoms with Gasteiger partial charge < -0.3 is 5.73 Å². The van der Waals surface area contributed by atoms with Gasteiger partial charge in [0.2, 0.25) is 0 Å². The molecule has 0 amide bonds. The van der Waals surface area contributed by atoms with Crippen LogP contribution >= 0.6 is 22.6 Å². The Morgan fingerprint density at radius 3 is 2.62 bits per heavy atom. The first-order valence-electron chi connectivity index (χ1n) is 4.59. The van der Waals surface area contributed by atoms with Gasteiger partial charge >= 0.3 is 0 Å². The molecule has 0 fully saturated rings. The Kier molecular flexibility index (Phi) is 3.36. The van der Waals surface area contributed by atoms with Gasteiger partial charge in [-0.15, -0.1) is 0 Å². The summed E-state index contributed by atoms with van der Waals surface area (Å²) in [5, 5.41) is 9.10. The fourth-order valence-electron chi connectivity index (χ4n) is 1.16. The van der Waals surface area contributed by atoms with Crippen molar-refractivity contribution in [2.75, 3.05) is 5.43 Å². The first-order valence-corrected chi connectivity index (χ1v) is 5.67. The lowest BCUT2D eigenvalue weighted by Gasteiger charge is -2.12.